The predicted octanol–water partition coefficient (Wildman–Crippen LogP) is 5.14. The molecule has 31 heavy (non-hydrogen) atoms. The Morgan fingerprint density at radius 2 is 1.58 bits per heavy atom. The summed E-state index contributed by atoms with van der Waals surface area (Å²) < 4.78 is 25.6. The van der Waals surface area contributed by atoms with Gasteiger partial charge in [0, 0.05) is 5.02 Å². The second-order valence-corrected chi connectivity index (χ2v) is 9.42. The molecule has 0 saturated carbocycles. The number of aromatic nitrogens is 1. The van der Waals surface area contributed by atoms with E-state index in [1.807, 2.05) is 0 Å². The van der Waals surface area contributed by atoms with Gasteiger partial charge < -0.3 is 5.32 Å². The number of carbonyl (C=O) groups is 2. The summed E-state index contributed by atoms with van der Waals surface area (Å²) >= 11 is 17.7. The second kappa shape index (κ2) is 9.23. The van der Waals surface area contributed by atoms with Gasteiger partial charge in [0.1, 0.15) is 0 Å². The molecular formula is C20H14Cl3N3O4S. The van der Waals surface area contributed by atoms with E-state index in [2.05, 4.69) is 15.6 Å². The summed E-state index contributed by atoms with van der Waals surface area (Å²) in [6, 6.07) is 10.7. The summed E-state index contributed by atoms with van der Waals surface area (Å²) in [5, 5.41) is 4.94. The molecule has 0 unspecified atom stereocenters. The molecule has 0 aliphatic rings. The molecule has 0 fully saturated rings. The van der Waals surface area contributed by atoms with Crippen LogP contribution in [0.15, 0.2) is 64.6 Å². The zero-order valence-corrected chi connectivity index (χ0v) is 18.9. The van der Waals surface area contributed by atoms with Gasteiger partial charge in [0.2, 0.25) is 9.84 Å². The Bertz CT molecular complexity index is 1260. The van der Waals surface area contributed by atoms with Gasteiger partial charge in [-0.3, -0.25) is 10.1 Å². The van der Waals surface area contributed by atoms with Crippen molar-refractivity contribution in [3.8, 4) is 0 Å². The fourth-order valence-corrected chi connectivity index (χ4v) is 4.77. The number of pyridine rings is 1. The Morgan fingerprint density at radius 1 is 0.968 bits per heavy atom. The number of imide groups is 1. The maximum absolute atomic E-state index is 12.8. The number of nitrogens with one attached hydrogen (secondary N) is 2. The van der Waals surface area contributed by atoms with E-state index in [0.29, 0.717) is 10.6 Å². The van der Waals surface area contributed by atoms with Crippen LogP contribution in [0.3, 0.4) is 0 Å². The van der Waals surface area contributed by atoms with Gasteiger partial charge >= 0.3 is 6.03 Å². The maximum atomic E-state index is 12.8. The lowest BCUT2D eigenvalue weighted by Crippen LogP contribution is -2.34. The molecule has 0 atom stereocenters. The van der Waals surface area contributed by atoms with Gasteiger partial charge in [-0.25, -0.2) is 18.2 Å². The molecule has 0 spiro atoms. The number of anilines is 1. The minimum atomic E-state index is -3.88. The Morgan fingerprint density at radius 3 is 2.16 bits per heavy atom. The van der Waals surface area contributed by atoms with Crippen molar-refractivity contribution in [1.29, 1.82) is 0 Å². The van der Waals surface area contributed by atoms with Crippen molar-refractivity contribution >= 4 is 62.3 Å². The number of nitrogens with zero attached hydrogens (tertiary/aromatic N) is 1. The quantitative estimate of drug-likeness (QED) is 0.518. The highest BCUT2D eigenvalue weighted by molar-refractivity contribution is 7.91. The van der Waals surface area contributed by atoms with Crippen LogP contribution in [0, 0.1) is 6.92 Å². The molecule has 11 heteroatoms. The van der Waals surface area contributed by atoms with Crippen LogP contribution >= 0.6 is 34.8 Å². The third kappa shape index (κ3) is 5.16. The highest BCUT2D eigenvalue weighted by Crippen LogP contribution is 2.26. The zero-order valence-electron chi connectivity index (χ0n) is 15.8. The maximum Gasteiger partial charge on any atom is 0.326 e. The fraction of sp³-hybridized carbons (Fsp3) is 0.0500. The van der Waals surface area contributed by atoms with Gasteiger partial charge in [0.25, 0.3) is 5.91 Å². The molecule has 2 aromatic carbocycles. The molecule has 0 radical (unpaired) electrons. The monoisotopic (exact) mass is 497 g/mol. The third-order valence-electron chi connectivity index (χ3n) is 4.08. The Labute approximate surface area is 193 Å². The lowest BCUT2D eigenvalue weighted by molar-refractivity contribution is 0.0967. The third-order valence-corrected chi connectivity index (χ3v) is 6.79. The first-order valence-corrected chi connectivity index (χ1v) is 11.2. The number of aryl methyl sites for hydroxylation is 1. The van der Waals surface area contributed by atoms with Gasteiger partial charge in [-0.2, -0.15) is 0 Å². The number of amides is 3. The number of halogens is 3. The van der Waals surface area contributed by atoms with E-state index in [1.165, 1.54) is 55.6 Å². The number of hydrogen-bond donors (Lipinski definition) is 2. The van der Waals surface area contributed by atoms with Crippen molar-refractivity contribution in [2.45, 2.75) is 16.8 Å². The number of carbonyl (C=O) groups excluding carboxylic acids is 2. The lowest BCUT2D eigenvalue weighted by Gasteiger charge is -2.11. The molecule has 0 bridgehead atoms. The molecule has 0 saturated heterocycles. The molecule has 0 aliphatic carbocycles. The second-order valence-electron chi connectivity index (χ2n) is 6.31. The van der Waals surface area contributed by atoms with Crippen molar-refractivity contribution < 1.29 is 18.0 Å². The van der Waals surface area contributed by atoms with E-state index in [4.69, 9.17) is 34.8 Å². The average molecular weight is 499 g/mol. The molecular weight excluding hydrogens is 485 g/mol. The first-order valence-electron chi connectivity index (χ1n) is 8.63. The Kier molecular flexibility index (Phi) is 6.86. The first kappa shape index (κ1) is 23.0. The number of sulfone groups is 1. The van der Waals surface area contributed by atoms with Crippen molar-refractivity contribution in [3.63, 3.8) is 0 Å². The molecule has 1 aromatic heterocycles. The van der Waals surface area contributed by atoms with E-state index in [-0.39, 0.29) is 31.2 Å². The van der Waals surface area contributed by atoms with Crippen LogP contribution in [0.1, 0.15) is 15.9 Å². The topological polar surface area (TPSA) is 105 Å². The van der Waals surface area contributed by atoms with Gasteiger partial charge in [-0.1, -0.05) is 40.9 Å². The molecule has 3 rings (SSSR count). The summed E-state index contributed by atoms with van der Waals surface area (Å²) in [5.41, 5.74) is 0.441. The SMILES string of the molecule is Cc1cc(NC(=O)NC(=O)c2c(Cl)cccc2Cl)cnc1S(=O)(=O)c1ccc(Cl)cc1. The Hall–Kier alpha value is -2.65. The van der Waals surface area contributed by atoms with Gasteiger partial charge in [0.05, 0.1) is 32.4 Å². The number of benzene rings is 2. The van der Waals surface area contributed by atoms with E-state index in [1.54, 1.807) is 6.07 Å². The van der Waals surface area contributed by atoms with Crippen LogP contribution in [-0.2, 0) is 9.84 Å². The average Bonchev–Trinajstić information content (AvgIpc) is 2.68. The highest BCUT2D eigenvalue weighted by atomic mass is 35.5. The normalized spacial score (nSPS) is 11.1. The largest absolute Gasteiger partial charge is 0.326 e. The van der Waals surface area contributed by atoms with Crippen LogP contribution < -0.4 is 10.6 Å². The van der Waals surface area contributed by atoms with Crippen molar-refractivity contribution in [3.05, 3.63) is 80.9 Å². The molecule has 2 N–H and O–H groups in total. The highest BCUT2D eigenvalue weighted by Gasteiger charge is 2.22. The fourth-order valence-electron chi connectivity index (χ4n) is 2.68. The van der Waals surface area contributed by atoms with Crippen LogP contribution in [0.25, 0.3) is 0 Å². The van der Waals surface area contributed by atoms with Crippen LogP contribution in [0.2, 0.25) is 15.1 Å². The minimum Gasteiger partial charge on any atom is -0.306 e. The number of hydrogen-bond acceptors (Lipinski definition) is 5. The summed E-state index contributed by atoms with van der Waals surface area (Å²) in [6.45, 7) is 1.54. The van der Waals surface area contributed by atoms with Gasteiger partial charge in [-0.05, 0) is 55.0 Å². The van der Waals surface area contributed by atoms with Crippen LogP contribution in [-0.4, -0.2) is 25.3 Å². The van der Waals surface area contributed by atoms with Crippen molar-refractivity contribution in [1.82, 2.24) is 10.3 Å². The molecule has 3 aromatic rings. The van der Waals surface area contributed by atoms with Crippen molar-refractivity contribution in [2.75, 3.05) is 5.32 Å². The number of urea groups is 1. The smallest absolute Gasteiger partial charge is 0.306 e. The van der Waals surface area contributed by atoms with E-state index in [0.717, 1.165) is 0 Å². The van der Waals surface area contributed by atoms with Gasteiger partial charge in [-0.15, -0.1) is 0 Å². The summed E-state index contributed by atoms with van der Waals surface area (Å²) in [7, 11) is -3.88. The zero-order chi connectivity index (χ0) is 22.8. The summed E-state index contributed by atoms with van der Waals surface area (Å²) in [6.07, 6.45) is 1.17. The van der Waals surface area contributed by atoms with Crippen LogP contribution in [0.4, 0.5) is 10.5 Å². The Balaban J connectivity index is 1.76. The predicted molar refractivity (Wildman–Crippen MR) is 119 cm³/mol. The first-order chi connectivity index (χ1) is 14.6. The van der Waals surface area contributed by atoms with E-state index in [9.17, 15) is 18.0 Å². The van der Waals surface area contributed by atoms with Crippen molar-refractivity contribution in [2.24, 2.45) is 0 Å². The van der Waals surface area contributed by atoms with Crippen LogP contribution in [0.5, 0.6) is 0 Å². The van der Waals surface area contributed by atoms with Gasteiger partial charge in [0.15, 0.2) is 5.03 Å². The lowest BCUT2D eigenvalue weighted by atomic mass is 10.2. The molecule has 0 aliphatic heterocycles. The molecule has 1 heterocycles. The summed E-state index contributed by atoms with van der Waals surface area (Å²) in [4.78, 5) is 28.5. The molecule has 160 valence electrons. The van der Waals surface area contributed by atoms with E-state index < -0.39 is 21.8 Å². The van der Waals surface area contributed by atoms with E-state index >= 15 is 0 Å². The number of rotatable bonds is 4. The summed E-state index contributed by atoms with van der Waals surface area (Å²) in [5.74, 6) is -0.792. The minimum absolute atomic E-state index is 0.0353. The molecule has 3 amide bonds. The standard InChI is InChI=1S/C20H14Cl3N3O4S/c1-11-9-13(10-24-19(11)31(29,30)14-7-5-12(21)6-8-14)25-20(28)26-18(27)17-15(22)3-2-4-16(17)23/h2-10H,1H3,(H2,25,26,27,28). The molecule has 7 nitrogen and oxygen atoms in total.